The molecular formula is C15H13FN4OS. The number of aryl methyl sites for hydroxylation is 1. The van der Waals surface area contributed by atoms with Crippen molar-refractivity contribution in [1.82, 2.24) is 15.0 Å². The van der Waals surface area contributed by atoms with Gasteiger partial charge in [-0.3, -0.25) is 4.79 Å². The number of nitrogens with two attached hydrogens (primary N) is 1. The Labute approximate surface area is 130 Å². The van der Waals surface area contributed by atoms with Gasteiger partial charge in [-0.25, -0.2) is 14.4 Å². The van der Waals surface area contributed by atoms with Crippen molar-refractivity contribution in [3.05, 3.63) is 41.3 Å². The molecule has 5 nitrogen and oxygen atoms in total. The minimum Gasteiger partial charge on any atom is -0.366 e. The van der Waals surface area contributed by atoms with Crippen LogP contribution in [0.4, 0.5) is 4.39 Å². The van der Waals surface area contributed by atoms with Gasteiger partial charge in [-0.2, -0.15) is 0 Å². The van der Waals surface area contributed by atoms with Gasteiger partial charge in [-0.05, 0) is 36.9 Å². The van der Waals surface area contributed by atoms with E-state index in [0.29, 0.717) is 27.4 Å². The second-order valence-corrected chi connectivity index (χ2v) is 5.58. The summed E-state index contributed by atoms with van der Waals surface area (Å²) in [4.78, 5) is 23.4. The molecule has 0 saturated heterocycles. The number of nitrogens with zero attached hydrogens (tertiary/aromatic N) is 2. The van der Waals surface area contributed by atoms with Crippen molar-refractivity contribution in [3.8, 4) is 11.3 Å². The van der Waals surface area contributed by atoms with E-state index in [1.807, 2.05) is 6.26 Å². The van der Waals surface area contributed by atoms with Gasteiger partial charge in [-0.1, -0.05) is 11.8 Å². The lowest BCUT2D eigenvalue weighted by Crippen LogP contribution is -2.10. The number of halogens is 1. The van der Waals surface area contributed by atoms with Crippen LogP contribution >= 0.6 is 11.8 Å². The quantitative estimate of drug-likeness (QED) is 0.575. The molecule has 0 aliphatic heterocycles. The molecule has 2 heterocycles. The lowest BCUT2D eigenvalue weighted by molar-refractivity contribution is 0.100. The summed E-state index contributed by atoms with van der Waals surface area (Å²) in [6.45, 7) is 1.79. The lowest BCUT2D eigenvalue weighted by Gasteiger charge is -2.09. The molecule has 3 rings (SSSR count). The summed E-state index contributed by atoms with van der Waals surface area (Å²) in [7, 11) is 0. The maximum Gasteiger partial charge on any atom is 0.251 e. The molecule has 0 fully saturated rings. The van der Waals surface area contributed by atoms with Crippen LogP contribution in [0.15, 0.2) is 29.6 Å². The van der Waals surface area contributed by atoms with E-state index in [2.05, 4.69) is 15.0 Å². The second kappa shape index (κ2) is 5.42. The van der Waals surface area contributed by atoms with Crippen molar-refractivity contribution in [1.29, 1.82) is 0 Å². The van der Waals surface area contributed by atoms with E-state index in [1.165, 1.54) is 30.1 Å². The number of aromatic amines is 1. The third-order valence-corrected chi connectivity index (χ3v) is 3.95. The number of hydrogen-bond donors (Lipinski definition) is 2. The predicted molar refractivity (Wildman–Crippen MR) is 84.3 cm³/mol. The molecule has 0 spiro atoms. The molecule has 0 saturated carbocycles. The van der Waals surface area contributed by atoms with Crippen molar-refractivity contribution >= 4 is 28.7 Å². The summed E-state index contributed by atoms with van der Waals surface area (Å²) in [5, 5.41) is 1.11. The van der Waals surface area contributed by atoms with Gasteiger partial charge in [0.05, 0.1) is 16.6 Å². The number of carbonyl (C=O) groups excluding carboxylic acids is 1. The third kappa shape index (κ3) is 2.33. The van der Waals surface area contributed by atoms with E-state index < -0.39 is 5.91 Å². The van der Waals surface area contributed by atoms with Gasteiger partial charge in [0.25, 0.3) is 5.91 Å². The van der Waals surface area contributed by atoms with E-state index in [-0.39, 0.29) is 5.82 Å². The zero-order valence-corrected chi connectivity index (χ0v) is 12.8. The normalized spacial score (nSPS) is 11.0. The molecule has 0 aliphatic carbocycles. The lowest BCUT2D eigenvalue weighted by atomic mass is 10.0. The number of amides is 1. The largest absolute Gasteiger partial charge is 0.366 e. The molecule has 112 valence electrons. The van der Waals surface area contributed by atoms with Gasteiger partial charge < -0.3 is 10.7 Å². The minimum atomic E-state index is -0.562. The Bertz CT molecular complexity index is 891. The summed E-state index contributed by atoms with van der Waals surface area (Å²) in [6, 6.07) is 4.44. The predicted octanol–water partition coefficient (Wildman–Crippen LogP) is 2.89. The van der Waals surface area contributed by atoms with E-state index >= 15 is 0 Å². The number of fused-ring (bicyclic) bond motifs is 1. The Kier molecular flexibility index (Phi) is 3.58. The first-order valence-corrected chi connectivity index (χ1v) is 7.73. The zero-order chi connectivity index (χ0) is 15.9. The van der Waals surface area contributed by atoms with Crippen LogP contribution < -0.4 is 5.73 Å². The van der Waals surface area contributed by atoms with Crippen LogP contribution in [0.5, 0.6) is 0 Å². The molecular weight excluding hydrogens is 303 g/mol. The number of hydrogen-bond acceptors (Lipinski definition) is 4. The first kappa shape index (κ1) is 14.5. The Morgan fingerprint density at radius 2 is 2.14 bits per heavy atom. The van der Waals surface area contributed by atoms with E-state index in [4.69, 9.17) is 5.73 Å². The van der Waals surface area contributed by atoms with E-state index in [9.17, 15) is 9.18 Å². The highest BCUT2D eigenvalue weighted by Crippen LogP contribution is 2.32. The molecule has 1 amide bonds. The van der Waals surface area contributed by atoms with Crippen LogP contribution in [0.3, 0.4) is 0 Å². The first-order chi connectivity index (χ1) is 10.5. The van der Waals surface area contributed by atoms with Crippen LogP contribution in [-0.4, -0.2) is 27.1 Å². The van der Waals surface area contributed by atoms with Gasteiger partial charge in [0.1, 0.15) is 11.5 Å². The molecule has 0 radical (unpaired) electrons. The highest BCUT2D eigenvalue weighted by atomic mass is 32.2. The highest BCUT2D eigenvalue weighted by molar-refractivity contribution is 7.98. The van der Waals surface area contributed by atoms with Gasteiger partial charge >= 0.3 is 0 Å². The van der Waals surface area contributed by atoms with Gasteiger partial charge in [-0.15, -0.1) is 0 Å². The molecule has 3 N–H and O–H groups in total. The molecule has 2 aromatic heterocycles. The Morgan fingerprint density at radius 3 is 2.77 bits per heavy atom. The molecule has 22 heavy (non-hydrogen) atoms. The SMILES string of the molecule is CSc1nc(-c2ccc(F)cc2C)c2c(C(N)=O)c[nH]c2n1. The number of H-pyrrole nitrogens is 1. The number of rotatable bonds is 3. The molecule has 0 unspecified atom stereocenters. The van der Waals surface area contributed by atoms with Crippen LogP contribution in [-0.2, 0) is 0 Å². The fraction of sp³-hybridized carbons (Fsp3) is 0.133. The fourth-order valence-electron chi connectivity index (χ4n) is 2.39. The Morgan fingerprint density at radius 1 is 1.36 bits per heavy atom. The van der Waals surface area contributed by atoms with Crippen molar-refractivity contribution in [2.45, 2.75) is 12.1 Å². The summed E-state index contributed by atoms with van der Waals surface area (Å²) < 4.78 is 13.4. The van der Waals surface area contributed by atoms with E-state index in [0.717, 1.165) is 11.1 Å². The van der Waals surface area contributed by atoms with Crippen LogP contribution in [0.1, 0.15) is 15.9 Å². The first-order valence-electron chi connectivity index (χ1n) is 6.50. The van der Waals surface area contributed by atoms with Crippen LogP contribution in [0.2, 0.25) is 0 Å². The average molecular weight is 316 g/mol. The van der Waals surface area contributed by atoms with E-state index in [1.54, 1.807) is 13.0 Å². The van der Waals surface area contributed by atoms with Crippen molar-refractivity contribution in [3.63, 3.8) is 0 Å². The van der Waals surface area contributed by atoms with Gasteiger partial charge in [0, 0.05) is 11.8 Å². The monoisotopic (exact) mass is 316 g/mol. The number of carbonyl (C=O) groups is 1. The standard InChI is InChI=1S/C15H13FN4OS/c1-7-5-8(16)3-4-9(7)12-11-10(13(17)21)6-18-14(11)20-15(19-12)22-2/h3-6H,1-2H3,(H2,17,21)(H,18,19,20). The number of thioether (sulfide) groups is 1. The summed E-state index contributed by atoms with van der Waals surface area (Å²) in [6.07, 6.45) is 3.38. The maximum atomic E-state index is 13.4. The van der Waals surface area contributed by atoms with Gasteiger partial charge in [0.15, 0.2) is 5.16 Å². The third-order valence-electron chi connectivity index (χ3n) is 3.40. The topological polar surface area (TPSA) is 84.7 Å². The molecule has 0 bridgehead atoms. The van der Waals surface area contributed by atoms with Crippen LogP contribution in [0, 0.1) is 12.7 Å². The smallest absolute Gasteiger partial charge is 0.251 e. The number of nitrogens with one attached hydrogen (secondary N) is 1. The number of primary amides is 1. The molecule has 7 heteroatoms. The molecule has 3 aromatic rings. The molecule has 1 aromatic carbocycles. The summed E-state index contributed by atoms with van der Waals surface area (Å²) >= 11 is 1.39. The van der Waals surface area contributed by atoms with Crippen LogP contribution in [0.25, 0.3) is 22.3 Å². The second-order valence-electron chi connectivity index (χ2n) is 4.81. The Balaban J connectivity index is 2.39. The highest BCUT2D eigenvalue weighted by Gasteiger charge is 2.19. The molecule has 0 atom stereocenters. The van der Waals surface area contributed by atoms with Crippen molar-refractivity contribution in [2.75, 3.05) is 6.26 Å². The van der Waals surface area contributed by atoms with Gasteiger partial charge in [0.2, 0.25) is 0 Å². The minimum absolute atomic E-state index is 0.319. The zero-order valence-electron chi connectivity index (χ0n) is 12.0. The fourth-order valence-corrected chi connectivity index (χ4v) is 2.75. The number of benzene rings is 1. The Hall–Kier alpha value is -2.41. The van der Waals surface area contributed by atoms with Crippen molar-refractivity contribution < 1.29 is 9.18 Å². The summed E-state index contributed by atoms with van der Waals surface area (Å²) in [5.74, 6) is -0.881. The van der Waals surface area contributed by atoms with Crippen molar-refractivity contribution in [2.24, 2.45) is 5.73 Å². The molecule has 0 aliphatic rings. The summed E-state index contributed by atoms with van der Waals surface area (Å²) in [5.41, 5.74) is 8.32. The average Bonchev–Trinajstić information content (AvgIpc) is 2.90. The number of aromatic nitrogens is 3. The maximum absolute atomic E-state index is 13.4.